The lowest BCUT2D eigenvalue weighted by Gasteiger charge is -2.40. The molecule has 0 aromatic heterocycles. The molecule has 1 heterocycles. The number of hydrogen-bond donors (Lipinski definition) is 1. The first-order valence-electron chi connectivity index (χ1n) is 10.0. The standard InChI is InChI=1S/C22H34N2O4/c1-7-8-14-17(19(25)23-21(2,3)20(26)27-6)24-18(15-28-22(24,4)5)16-12-10-9-11-13-16/h9-13,17-18H,7-8,14-15H2,1-6H3,(H,23,25)/t17-,18-/m0/s1. The second-order valence-corrected chi connectivity index (χ2v) is 8.36. The van der Waals surface area contributed by atoms with Crippen LogP contribution in [0.2, 0.25) is 0 Å². The highest BCUT2D eigenvalue weighted by Crippen LogP contribution is 2.39. The lowest BCUT2D eigenvalue weighted by molar-refractivity contribution is -0.151. The third-order valence-electron chi connectivity index (χ3n) is 5.34. The molecule has 1 aromatic carbocycles. The number of rotatable bonds is 8. The number of nitrogens with one attached hydrogen (secondary N) is 1. The Morgan fingerprint density at radius 3 is 2.54 bits per heavy atom. The number of amides is 1. The number of unbranched alkanes of at least 4 members (excludes halogenated alkanes) is 1. The molecule has 1 aliphatic rings. The number of methoxy groups -OCH3 is 1. The predicted molar refractivity (Wildman–Crippen MR) is 109 cm³/mol. The lowest BCUT2D eigenvalue weighted by atomic mass is 9.97. The van der Waals surface area contributed by atoms with Crippen LogP contribution in [0.5, 0.6) is 0 Å². The minimum atomic E-state index is -1.09. The first kappa shape index (κ1) is 22.4. The van der Waals surface area contributed by atoms with Gasteiger partial charge in [-0.3, -0.25) is 9.69 Å². The smallest absolute Gasteiger partial charge is 0.330 e. The van der Waals surface area contributed by atoms with Crippen LogP contribution in [-0.2, 0) is 19.1 Å². The third-order valence-corrected chi connectivity index (χ3v) is 5.34. The van der Waals surface area contributed by atoms with Crippen molar-refractivity contribution in [3.8, 4) is 0 Å². The van der Waals surface area contributed by atoms with Crippen LogP contribution >= 0.6 is 0 Å². The van der Waals surface area contributed by atoms with Crippen molar-refractivity contribution in [1.82, 2.24) is 10.2 Å². The fourth-order valence-corrected chi connectivity index (χ4v) is 3.83. The third kappa shape index (κ3) is 4.92. The molecule has 0 aliphatic carbocycles. The summed E-state index contributed by atoms with van der Waals surface area (Å²) in [6.07, 6.45) is 2.58. The average Bonchev–Trinajstić information content (AvgIpc) is 2.97. The van der Waals surface area contributed by atoms with Gasteiger partial charge in [0.1, 0.15) is 11.3 Å². The molecule has 2 atom stereocenters. The molecule has 6 heteroatoms. The quantitative estimate of drug-likeness (QED) is 0.689. The van der Waals surface area contributed by atoms with Gasteiger partial charge in [0, 0.05) is 0 Å². The van der Waals surface area contributed by atoms with E-state index in [0.717, 1.165) is 18.4 Å². The number of ether oxygens (including phenoxy) is 2. The molecule has 1 aromatic rings. The van der Waals surface area contributed by atoms with Crippen LogP contribution in [0.25, 0.3) is 0 Å². The lowest BCUT2D eigenvalue weighted by Crippen LogP contribution is -2.59. The summed E-state index contributed by atoms with van der Waals surface area (Å²) >= 11 is 0. The van der Waals surface area contributed by atoms with Gasteiger partial charge in [-0.2, -0.15) is 0 Å². The van der Waals surface area contributed by atoms with Gasteiger partial charge in [-0.1, -0.05) is 50.1 Å². The van der Waals surface area contributed by atoms with Crippen LogP contribution in [0.3, 0.4) is 0 Å². The Balaban J connectivity index is 2.35. The Morgan fingerprint density at radius 2 is 1.96 bits per heavy atom. The van der Waals surface area contributed by atoms with Crippen molar-refractivity contribution in [3.63, 3.8) is 0 Å². The van der Waals surface area contributed by atoms with Crippen molar-refractivity contribution in [2.75, 3.05) is 13.7 Å². The van der Waals surface area contributed by atoms with Crippen molar-refractivity contribution in [2.45, 2.75) is 77.2 Å². The van der Waals surface area contributed by atoms with Crippen LogP contribution in [0.1, 0.15) is 65.5 Å². The maximum Gasteiger partial charge on any atom is 0.330 e. The van der Waals surface area contributed by atoms with E-state index in [0.29, 0.717) is 13.0 Å². The SMILES string of the molecule is CCCC[C@@H](C(=O)NC(C)(C)C(=O)OC)N1[C@H](c2ccccc2)COC1(C)C. The second-order valence-electron chi connectivity index (χ2n) is 8.36. The molecule has 1 N–H and O–H groups in total. The van der Waals surface area contributed by atoms with E-state index in [9.17, 15) is 9.59 Å². The molecule has 1 fully saturated rings. The minimum Gasteiger partial charge on any atom is -0.467 e. The maximum atomic E-state index is 13.3. The highest BCUT2D eigenvalue weighted by Gasteiger charge is 2.48. The van der Waals surface area contributed by atoms with Crippen molar-refractivity contribution in [1.29, 1.82) is 0 Å². The van der Waals surface area contributed by atoms with E-state index < -0.39 is 23.3 Å². The van der Waals surface area contributed by atoms with Crippen LogP contribution < -0.4 is 5.32 Å². The van der Waals surface area contributed by atoms with E-state index in [1.807, 2.05) is 32.0 Å². The number of nitrogens with zero attached hydrogens (tertiary/aromatic N) is 1. The fourth-order valence-electron chi connectivity index (χ4n) is 3.83. The normalized spacial score (nSPS) is 20.6. The molecule has 0 bridgehead atoms. The summed E-state index contributed by atoms with van der Waals surface area (Å²) < 4.78 is 10.9. The molecule has 156 valence electrons. The fraction of sp³-hybridized carbons (Fsp3) is 0.636. The van der Waals surface area contributed by atoms with Crippen LogP contribution in [-0.4, -0.2) is 47.8 Å². The van der Waals surface area contributed by atoms with Crippen LogP contribution in [0.15, 0.2) is 30.3 Å². The molecule has 0 saturated carbocycles. The predicted octanol–water partition coefficient (Wildman–Crippen LogP) is 3.42. The number of carbonyl (C=O) groups excluding carboxylic acids is 2. The molecule has 6 nitrogen and oxygen atoms in total. The summed E-state index contributed by atoms with van der Waals surface area (Å²) in [4.78, 5) is 27.5. The summed E-state index contributed by atoms with van der Waals surface area (Å²) in [5.41, 5.74) is -0.566. The Kier molecular flexibility index (Phi) is 7.23. The molecular weight excluding hydrogens is 356 g/mol. The Labute approximate surface area is 168 Å². The first-order chi connectivity index (χ1) is 13.1. The average molecular weight is 391 g/mol. The molecule has 2 rings (SSSR count). The van der Waals surface area contributed by atoms with Gasteiger partial charge < -0.3 is 14.8 Å². The van der Waals surface area contributed by atoms with Crippen molar-refractivity contribution in [3.05, 3.63) is 35.9 Å². The molecule has 1 amide bonds. The number of benzene rings is 1. The summed E-state index contributed by atoms with van der Waals surface area (Å²) in [5, 5.41) is 2.89. The van der Waals surface area contributed by atoms with Gasteiger partial charge in [-0.05, 0) is 39.7 Å². The molecule has 0 unspecified atom stereocenters. The zero-order chi connectivity index (χ0) is 20.9. The molecule has 28 heavy (non-hydrogen) atoms. The molecule has 0 radical (unpaired) electrons. The van der Waals surface area contributed by atoms with Gasteiger partial charge in [-0.25, -0.2) is 4.79 Å². The Morgan fingerprint density at radius 1 is 1.32 bits per heavy atom. The van der Waals surface area contributed by atoms with Gasteiger partial charge in [-0.15, -0.1) is 0 Å². The van der Waals surface area contributed by atoms with E-state index >= 15 is 0 Å². The molecule has 1 saturated heterocycles. The molecular formula is C22H34N2O4. The van der Waals surface area contributed by atoms with E-state index in [2.05, 4.69) is 29.3 Å². The van der Waals surface area contributed by atoms with E-state index in [-0.39, 0.29) is 11.9 Å². The highest BCUT2D eigenvalue weighted by atomic mass is 16.5. The molecule has 0 spiro atoms. The van der Waals surface area contributed by atoms with Crippen LogP contribution in [0, 0.1) is 0 Å². The Hall–Kier alpha value is -1.92. The van der Waals surface area contributed by atoms with Gasteiger partial charge in [0.15, 0.2) is 0 Å². The summed E-state index contributed by atoms with van der Waals surface area (Å²) in [7, 11) is 1.33. The second kappa shape index (κ2) is 9.05. The Bertz CT molecular complexity index is 672. The van der Waals surface area contributed by atoms with E-state index in [1.165, 1.54) is 7.11 Å². The van der Waals surface area contributed by atoms with Crippen molar-refractivity contribution < 1.29 is 19.1 Å². The first-order valence-corrected chi connectivity index (χ1v) is 10.0. The van der Waals surface area contributed by atoms with Gasteiger partial charge in [0.2, 0.25) is 5.91 Å². The van der Waals surface area contributed by atoms with Gasteiger partial charge in [0.05, 0.1) is 25.8 Å². The van der Waals surface area contributed by atoms with Crippen LogP contribution in [0.4, 0.5) is 0 Å². The molecule has 1 aliphatic heterocycles. The maximum absolute atomic E-state index is 13.3. The van der Waals surface area contributed by atoms with E-state index in [1.54, 1.807) is 13.8 Å². The van der Waals surface area contributed by atoms with Crippen molar-refractivity contribution >= 4 is 11.9 Å². The zero-order valence-corrected chi connectivity index (χ0v) is 18.0. The monoisotopic (exact) mass is 390 g/mol. The largest absolute Gasteiger partial charge is 0.467 e. The van der Waals surface area contributed by atoms with E-state index in [4.69, 9.17) is 9.47 Å². The number of carbonyl (C=O) groups is 2. The van der Waals surface area contributed by atoms with Gasteiger partial charge >= 0.3 is 5.97 Å². The number of hydrogen-bond acceptors (Lipinski definition) is 5. The number of esters is 1. The zero-order valence-electron chi connectivity index (χ0n) is 18.0. The van der Waals surface area contributed by atoms with Gasteiger partial charge in [0.25, 0.3) is 0 Å². The summed E-state index contributed by atoms with van der Waals surface area (Å²) in [6.45, 7) is 9.93. The minimum absolute atomic E-state index is 0.0231. The summed E-state index contributed by atoms with van der Waals surface area (Å²) in [6, 6.07) is 9.68. The summed E-state index contributed by atoms with van der Waals surface area (Å²) in [5.74, 6) is -0.644. The van der Waals surface area contributed by atoms with Crippen molar-refractivity contribution in [2.24, 2.45) is 0 Å². The topological polar surface area (TPSA) is 67.9 Å². The highest BCUT2D eigenvalue weighted by molar-refractivity contribution is 5.89.